The lowest BCUT2D eigenvalue weighted by atomic mass is 9.98. The molecular weight excluding hydrogens is 297 g/mol. The minimum Gasteiger partial charge on any atom is -0.293 e. The third-order valence-corrected chi connectivity index (χ3v) is 2.84. The van der Waals surface area contributed by atoms with Crippen LogP contribution in [-0.2, 0) is 12.6 Å². The Hall–Kier alpha value is -0.840. The largest absolute Gasteiger partial charge is 0.417 e. The predicted octanol–water partition coefficient (Wildman–Crippen LogP) is 4.23. The Balaban J connectivity index is 3.35. The fraction of sp³-hybridized carbons (Fsp3) is 0.417. The molecule has 0 N–H and O–H groups in total. The minimum atomic E-state index is -4.50. The van der Waals surface area contributed by atoms with Crippen molar-refractivity contribution in [3.8, 4) is 0 Å². The van der Waals surface area contributed by atoms with E-state index in [1.54, 1.807) is 13.0 Å². The molecule has 0 saturated carbocycles. The van der Waals surface area contributed by atoms with Crippen LogP contribution in [0.5, 0.6) is 0 Å². The van der Waals surface area contributed by atoms with E-state index in [1.807, 2.05) is 0 Å². The van der Waals surface area contributed by atoms with E-state index in [9.17, 15) is 18.0 Å². The summed E-state index contributed by atoms with van der Waals surface area (Å²) in [6.07, 6.45) is -4.00. The average molecular weight is 309 g/mol. The van der Waals surface area contributed by atoms with Crippen LogP contribution >= 0.6 is 15.9 Å². The molecule has 5 heteroatoms. The summed E-state index contributed by atoms with van der Waals surface area (Å²) in [5.74, 6) is -0.556. The second-order valence-electron chi connectivity index (χ2n) is 3.71. The highest BCUT2D eigenvalue weighted by Gasteiger charge is 2.35. The number of halogens is 4. The fourth-order valence-corrected chi connectivity index (χ4v) is 1.72. The van der Waals surface area contributed by atoms with Crippen LogP contribution in [0.25, 0.3) is 0 Å². The maximum atomic E-state index is 12.8. The van der Waals surface area contributed by atoms with Crippen LogP contribution in [0.15, 0.2) is 18.2 Å². The van der Waals surface area contributed by atoms with E-state index in [1.165, 1.54) is 13.0 Å². The molecule has 1 aromatic rings. The highest BCUT2D eigenvalue weighted by molar-refractivity contribution is 9.10. The summed E-state index contributed by atoms with van der Waals surface area (Å²) < 4.78 is 38.5. The van der Waals surface area contributed by atoms with Crippen molar-refractivity contribution >= 4 is 21.7 Å². The van der Waals surface area contributed by atoms with Crippen molar-refractivity contribution in [2.45, 2.75) is 31.3 Å². The van der Waals surface area contributed by atoms with Gasteiger partial charge in [0.05, 0.1) is 10.4 Å². The normalized spacial score (nSPS) is 13.5. The second kappa shape index (κ2) is 5.21. The van der Waals surface area contributed by atoms with Gasteiger partial charge >= 0.3 is 6.18 Å². The summed E-state index contributed by atoms with van der Waals surface area (Å²) in [4.78, 5) is 11.0. The van der Waals surface area contributed by atoms with Crippen LogP contribution < -0.4 is 0 Å². The smallest absolute Gasteiger partial charge is 0.293 e. The standard InChI is InChI=1S/C12H12BrF3O/c1-3-8-4-5-9(11(17)7(2)13)10(6-8)12(14,15)16/h4-7H,3H2,1-2H3. The number of rotatable bonds is 3. The summed E-state index contributed by atoms with van der Waals surface area (Å²) >= 11 is 3.00. The number of hydrogen-bond donors (Lipinski definition) is 0. The van der Waals surface area contributed by atoms with Gasteiger partial charge in [0.2, 0.25) is 0 Å². The molecule has 1 unspecified atom stereocenters. The van der Waals surface area contributed by atoms with Gasteiger partial charge in [0.15, 0.2) is 5.78 Å². The lowest BCUT2D eigenvalue weighted by Crippen LogP contribution is -2.18. The molecule has 0 spiro atoms. The molecule has 0 aliphatic carbocycles. The summed E-state index contributed by atoms with van der Waals surface area (Å²) in [6.45, 7) is 3.28. The van der Waals surface area contributed by atoms with Crippen molar-refractivity contribution in [1.82, 2.24) is 0 Å². The van der Waals surface area contributed by atoms with Crippen molar-refractivity contribution in [1.29, 1.82) is 0 Å². The Morgan fingerprint density at radius 3 is 2.41 bits per heavy atom. The van der Waals surface area contributed by atoms with Crippen molar-refractivity contribution in [2.24, 2.45) is 0 Å². The van der Waals surface area contributed by atoms with Crippen molar-refractivity contribution < 1.29 is 18.0 Å². The van der Waals surface area contributed by atoms with Gasteiger partial charge in [-0.15, -0.1) is 0 Å². The van der Waals surface area contributed by atoms with Gasteiger partial charge in [-0.05, 0) is 25.0 Å². The number of Topliss-reactive ketones (excluding diaryl/α,β-unsaturated/α-hetero) is 1. The molecule has 0 heterocycles. The Morgan fingerprint density at radius 2 is 2.00 bits per heavy atom. The number of carbonyl (C=O) groups excluding carboxylic acids is 1. The zero-order valence-electron chi connectivity index (χ0n) is 9.44. The maximum absolute atomic E-state index is 12.8. The highest BCUT2D eigenvalue weighted by Crippen LogP contribution is 2.33. The summed E-state index contributed by atoms with van der Waals surface area (Å²) in [7, 11) is 0. The number of carbonyl (C=O) groups is 1. The topological polar surface area (TPSA) is 17.1 Å². The number of hydrogen-bond acceptors (Lipinski definition) is 1. The van der Waals surface area contributed by atoms with E-state index >= 15 is 0 Å². The molecule has 1 atom stereocenters. The molecule has 17 heavy (non-hydrogen) atoms. The number of alkyl halides is 4. The fourth-order valence-electron chi connectivity index (χ4n) is 1.47. The van der Waals surface area contributed by atoms with Gasteiger partial charge in [-0.1, -0.05) is 35.0 Å². The van der Waals surface area contributed by atoms with Gasteiger partial charge in [-0.25, -0.2) is 0 Å². The molecule has 0 aliphatic rings. The molecule has 0 saturated heterocycles. The molecule has 0 bridgehead atoms. The van der Waals surface area contributed by atoms with Crippen LogP contribution in [-0.4, -0.2) is 10.6 Å². The Morgan fingerprint density at radius 1 is 1.41 bits per heavy atom. The van der Waals surface area contributed by atoms with E-state index < -0.39 is 22.4 Å². The molecule has 1 rings (SSSR count). The second-order valence-corrected chi connectivity index (χ2v) is 5.09. The third kappa shape index (κ3) is 3.31. The Labute approximate surface area is 106 Å². The maximum Gasteiger partial charge on any atom is 0.417 e. The first-order chi connectivity index (χ1) is 7.77. The van der Waals surface area contributed by atoms with Crippen LogP contribution in [0.3, 0.4) is 0 Å². The Bertz CT molecular complexity index is 424. The summed E-state index contributed by atoms with van der Waals surface area (Å²) in [5.41, 5.74) is -0.566. The van der Waals surface area contributed by atoms with Gasteiger partial charge < -0.3 is 0 Å². The first-order valence-electron chi connectivity index (χ1n) is 5.15. The molecule has 1 aromatic carbocycles. The van der Waals surface area contributed by atoms with E-state index in [4.69, 9.17) is 0 Å². The number of ketones is 1. The highest BCUT2D eigenvalue weighted by atomic mass is 79.9. The number of aryl methyl sites for hydroxylation is 1. The van der Waals surface area contributed by atoms with Crippen LogP contribution in [0.4, 0.5) is 13.2 Å². The van der Waals surface area contributed by atoms with E-state index in [-0.39, 0.29) is 5.56 Å². The zero-order chi connectivity index (χ0) is 13.2. The van der Waals surface area contributed by atoms with Crippen molar-refractivity contribution in [2.75, 3.05) is 0 Å². The first kappa shape index (κ1) is 14.2. The van der Waals surface area contributed by atoms with Crippen molar-refractivity contribution in [3.05, 3.63) is 34.9 Å². The molecule has 0 aliphatic heterocycles. The van der Waals surface area contributed by atoms with Crippen LogP contribution in [0.1, 0.15) is 35.3 Å². The van der Waals surface area contributed by atoms with Crippen molar-refractivity contribution in [3.63, 3.8) is 0 Å². The molecule has 94 valence electrons. The monoisotopic (exact) mass is 308 g/mol. The quantitative estimate of drug-likeness (QED) is 0.603. The Kier molecular flexibility index (Phi) is 4.36. The van der Waals surface area contributed by atoms with E-state index in [0.717, 1.165) is 6.07 Å². The first-order valence-corrected chi connectivity index (χ1v) is 6.07. The zero-order valence-corrected chi connectivity index (χ0v) is 11.0. The third-order valence-electron chi connectivity index (χ3n) is 2.42. The van der Waals surface area contributed by atoms with Gasteiger partial charge in [0.25, 0.3) is 0 Å². The average Bonchev–Trinajstić information content (AvgIpc) is 2.26. The predicted molar refractivity (Wildman–Crippen MR) is 63.5 cm³/mol. The van der Waals surface area contributed by atoms with E-state index in [2.05, 4.69) is 15.9 Å². The summed E-state index contributed by atoms with van der Waals surface area (Å²) in [6, 6.07) is 3.85. The molecule has 0 radical (unpaired) electrons. The number of benzene rings is 1. The lowest BCUT2D eigenvalue weighted by molar-refractivity contribution is -0.137. The molecule has 0 aromatic heterocycles. The van der Waals surface area contributed by atoms with Crippen LogP contribution in [0.2, 0.25) is 0 Å². The summed E-state index contributed by atoms with van der Waals surface area (Å²) in [5, 5.41) is 0. The van der Waals surface area contributed by atoms with Crippen LogP contribution in [0, 0.1) is 0 Å². The SMILES string of the molecule is CCc1ccc(C(=O)C(C)Br)c(C(F)(F)F)c1. The van der Waals surface area contributed by atoms with Gasteiger partial charge in [0.1, 0.15) is 0 Å². The lowest BCUT2D eigenvalue weighted by Gasteiger charge is -2.14. The molecule has 1 nitrogen and oxygen atoms in total. The van der Waals surface area contributed by atoms with Gasteiger partial charge in [-0.2, -0.15) is 13.2 Å². The minimum absolute atomic E-state index is 0.279. The molecule has 0 amide bonds. The van der Waals surface area contributed by atoms with Gasteiger partial charge in [0, 0.05) is 5.56 Å². The van der Waals surface area contributed by atoms with E-state index in [0.29, 0.717) is 12.0 Å². The molecular formula is C12H12BrF3O. The molecule has 0 fully saturated rings. The van der Waals surface area contributed by atoms with Gasteiger partial charge in [-0.3, -0.25) is 4.79 Å².